The lowest BCUT2D eigenvalue weighted by molar-refractivity contribution is 0.0971. The van der Waals surface area contributed by atoms with Crippen molar-refractivity contribution in [2.75, 3.05) is 23.7 Å². The molecule has 0 saturated carbocycles. The number of piperidine rings is 1. The number of benzene rings is 1. The molecule has 1 aliphatic rings. The largest absolute Gasteiger partial charge is 0.397 e. The summed E-state index contributed by atoms with van der Waals surface area (Å²) in [5, 5.41) is 9.65. The molecular formula is C12H18N2O. The first-order chi connectivity index (χ1) is 7.18. The van der Waals surface area contributed by atoms with E-state index in [9.17, 15) is 5.11 Å². The van der Waals surface area contributed by atoms with Crippen LogP contribution in [0, 0.1) is 5.92 Å². The molecule has 3 nitrogen and oxygen atoms in total. The number of anilines is 2. The molecule has 0 aromatic heterocycles. The van der Waals surface area contributed by atoms with Crippen LogP contribution in [0.1, 0.15) is 13.3 Å². The van der Waals surface area contributed by atoms with Crippen LogP contribution in [0.25, 0.3) is 0 Å². The zero-order valence-electron chi connectivity index (χ0n) is 9.06. The number of hydrogen-bond donors (Lipinski definition) is 2. The van der Waals surface area contributed by atoms with Crippen LogP contribution in [0.3, 0.4) is 0 Å². The number of aliphatic hydroxyl groups is 1. The molecule has 1 fully saturated rings. The predicted octanol–water partition coefficient (Wildman–Crippen LogP) is 1.48. The number of hydrogen-bond acceptors (Lipinski definition) is 3. The molecule has 1 aliphatic heterocycles. The summed E-state index contributed by atoms with van der Waals surface area (Å²) in [6.45, 7) is 3.85. The van der Waals surface area contributed by atoms with Crippen molar-refractivity contribution >= 4 is 11.4 Å². The first kappa shape index (κ1) is 10.3. The van der Waals surface area contributed by atoms with Crippen molar-refractivity contribution in [3.05, 3.63) is 24.3 Å². The molecule has 1 aromatic carbocycles. The lowest BCUT2D eigenvalue weighted by Crippen LogP contribution is -2.42. The Labute approximate surface area is 90.5 Å². The summed E-state index contributed by atoms with van der Waals surface area (Å²) in [4.78, 5) is 2.26. The van der Waals surface area contributed by atoms with Crippen molar-refractivity contribution in [3.8, 4) is 0 Å². The fraction of sp³-hybridized carbons (Fsp3) is 0.500. The Morgan fingerprint density at radius 2 is 2.13 bits per heavy atom. The molecule has 2 atom stereocenters. The van der Waals surface area contributed by atoms with Gasteiger partial charge in [-0.1, -0.05) is 19.1 Å². The van der Waals surface area contributed by atoms with Crippen LogP contribution in [0.4, 0.5) is 11.4 Å². The second kappa shape index (κ2) is 4.11. The van der Waals surface area contributed by atoms with E-state index in [-0.39, 0.29) is 6.10 Å². The van der Waals surface area contributed by atoms with E-state index < -0.39 is 0 Å². The summed E-state index contributed by atoms with van der Waals surface area (Å²) in [7, 11) is 0. The zero-order chi connectivity index (χ0) is 10.8. The van der Waals surface area contributed by atoms with E-state index in [1.165, 1.54) is 0 Å². The van der Waals surface area contributed by atoms with Crippen molar-refractivity contribution in [1.82, 2.24) is 0 Å². The quantitative estimate of drug-likeness (QED) is 0.684. The molecule has 1 aromatic rings. The first-order valence-corrected chi connectivity index (χ1v) is 5.46. The molecule has 0 bridgehead atoms. The number of para-hydroxylation sites is 2. The molecule has 2 rings (SSSR count). The summed E-state index contributed by atoms with van der Waals surface area (Å²) in [5.41, 5.74) is 7.84. The summed E-state index contributed by atoms with van der Waals surface area (Å²) in [6, 6.07) is 7.91. The van der Waals surface area contributed by atoms with E-state index in [4.69, 9.17) is 5.73 Å². The smallest absolute Gasteiger partial charge is 0.0600 e. The molecule has 0 radical (unpaired) electrons. The van der Waals surface area contributed by atoms with Gasteiger partial charge in [0.25, 0.3) is 0 Å². The summed E-state index contributed by atoms with van der Waals surface area (Å²) in [5.74, 6) is 0.318. The Balaban J connectivity index is 2.15. The highest BCUT2D eigenvalue weighted by Gasteiger charge is 2.24. The third-order valence-corrected chi connectivity index (χ3v) is 3.14. The van der Waals surface area contributed by atoms with Crippen LogP contribution in [-0.2, 0) is 0 Å². The van der Waals surface area contributed by atoms with Gasteiger partial charge in [-0.2, -0.15) is 0 Å². The summed E-state index contributed by atoms with van der Waals surface area (Å²) >= 11 is 0. The van der Waals surface area contributed by atoms with E-state index in [1.54, 1.807) is 0 Å². The normalized spacial score (nSPS) is 26.7. The maximum Gasteiger partial charge on any atom is 0.0600 e. The molecule has 82 valence electrons. The van der Waals surface area contributed by atoms with Crippen molar-refractivity contribution < 1.29 is 5.11 Å². The second-order valence-corrected chi connectivity index (χ2v) is 4.34. The van der Waals surface area contributed by atoms with Crippen LogP contribution in [0.15, 0.2) is 24.3 Å². The molecule has 1 saturated heterocycles. The standard InChI is InChI=1S/C12H18N2O/c1-9-8-14(7-6-12(9)15)11-5-3-2-4-10(11)13/h2-5,9,12,15H,6-8,13H2,1H3. The second-order valence-electron chi connectivity index (χ2n) is 4.34. The molecule has 3 N–H and O–H groups in total. The van der Waals surface area contributed by atoms with E-state index >= 15 is 0 Å². The Morgan fingerprint density at radius 3 is 2.80 bits per heavy atom. The lowest BCUT2D eigenvalue weighted by Gasteiger charge is -2.36. The van der Waals surface area contributed by atoms with Gasteiger partial charge in [-0.15, -0.1) is 0 Å². The molecule has 0 spiro atoms. The molecule has 0 aliphatic carbocycles. The van der Waals surface area contributed by atoms with Gasteiger partial charge in [-0.25, -0.2) is 0 Å². The van der Waals surface area contributed by atoms with Crippen LogP contribution < -0.4 is 10.6 Å². The van der Waals surface area contributed by atoms with Crippen molar-refractivity contribution in [1.29, 1.82) is 0 Å². The minimum Gasteiger partial charge on any atom is -0.397 e. The zero-order valence-corrected chi connectivity index (χ0v) is 9.06. The molecular weight excluding hydrogens is 188 g/mol. The monoisotopic (exact) mass is 206 g/mol. The highest BCUT2D eigenvalue weighted by molar-refractivity contribution is 5.67. The fourth-order valence-electron chi connectivity index (χ4n) is 2.13. The SMILES string of the molecule is CC1CN(c2ccccc2N)CCC1O. The summed E-state index contributed by atoms with van der Waals surface area (Å²) < 4.78 is 0. The van der Waals surface area contributed by atoms with Crippen molar-refractivity contribution in [2.45, 2.75) is 19.4 Å². The molecule has 3 heteroatoms. The average molecular weight is 206 g/mol. The Kier molecular flexibility index (Phi) is 2.82. The number of nitrogens with two attached hydrogens (primary N) is 1. The molecule has 1 heterocycles. The number of rotatable bonds is 1. The third-order valence-electron chi connectivity index (χ3n) is 3.14. The maximum absolute atomic E-state index is 9.65. The van der Waals surface area contributed by atoms with Crippen LogP contribution in [0.2, 0.25) is 0 Å². The highest BCUT2D eigenvalue weighted by Crippen LogP contribution is 2.27. The Morgan fingerprint density at radius 1 is 1.40 bits per heavy atom. The van der Waals surface area contributed by atoms with Gasteiger partial charge in [-0.3, -0.25) is 0 Å². The number of nitrogen functional groups attached to an aromatic ring is 1. The number of nitrogens with zero attached hydrogens (tertiary/aromatic N) is 1. The van der Waals surface area contributed by atoms with Gasteiger partial charge in [0.05, 0.1) is 17.5 Å². The topological polar surface area (TPSA) is 49.5 Å². The fourth-order valence-corrected chi connectivity index (χ4v) is 2.13. The highest BCUT2D eigenvalue weighted by atomic mass is 16.3. The molecule has 0 amide bonds. The minimum atomic E-state index is -0.161. The minimum absolute atomic E-state index is 0.161. The maximum atomic E-state index is 9.65. The van der Waals surface area contributed by atoms with E-state index in [1.807, 2.05) is 24.3 Å². The summed E-state index contributed by atoms with van der Waals surface area (Å²) in [6.07, 6.45) is 0.668. The van der Waals surface area contributed by atoms with Gasteiger partial charge < -0.3 is 15.7 Å². The van der Waals surface area contributed by atoms with E-state index in [2.05, 4.69) is 11.8 Å². The lowest BCUT2D eigenvalue weighted by atomic mass is 9.96. The first-order valence-electron chi connectivity index (χ1n) is 5.46. The predicted molar refractivity (Wildman–Crippen MR) is 62.9 cm³/mol. The van der Waals surface area contributed by atoms with Gasteiger partial charge >= 0.3 is 0 Å². The van der Waals surface area contributed by atoms with Gasteiger partial charge in [0.1, 0.15) is 0 Å². The van der Waals surface area contributed by atoms with Crippen LogP contribution in [0.5, 0.6) is 0 Å². The van der Waals surface area contributed by atoms with Gasteiger partial charge in [0, 0.05) is 13.1 Å². The molecule has 15 heavy (non-hydrogen) atoms. The van der Waals surface area contributed by atoms with E-state index in [0.717, 1.165) is 30.9 Å². The van der Waals surface area contributed by atoms with Gasteiger partial charge in [0.2, 0.25) is 0 Å². The van der Waals surface area contributed by atoms with Crippen LogP contribution in [-0.4, -0.2) is 24.3 Å². The number of aliphatic hydroxyl groups excluding tert-OH is 1. The van der Waals surface area contributed by atoms with Crippen molar-refractivity contribution in [3.63, 3.8) is 0 Å². The third kappa shape index (κ3) is 2.07. The average Bonchev–Trinajstić information content (AvgIpc) is 2.23. The van der Waals surface area contributed by atoms with Gasteiger partial charge in [-0.05, 0) is 24.5 Å². The van der Waals surface area contributed by atoms with Gasteiger partial charge in [0.15, 0.2) is 0 Å². The molecule has 2 unspecified atom stereocenters. The Bertz CT molecular complexity index is 340. The Hall–Kier alpha value is -1.22. The van der Waals surface area contributed by atoms with Crippen molar-refractivity contribution in [2.24, 2.45) is 5.92 Å². The van der Waals surface area contributed by atoms with E-state index in [0.29, 0.717) is 5.92 Å². The van der Waals surface area contributed by atoms with Crippen LogP contribution >= 0.6 is 0 Å².